The third kappa shape index (κ3) is 5.78. The maximum Gasteiger partial charge on any atom is 0.262 e. The first kappa shape index (κ1) is 21.3. The lowest BCUT2D eigenvalue weighted by Gasteiger charge is -2.36. The molecule has 0 radical (unpaired) electrons. The number of anilines is 2. The highest BCUT2D eigenvalue weighted by Crippen LogP contribution is 2.30. The fourth-order valence-electron chi connectivity index (χ4n) is 3.36. The molecule has 6 nitrogen and oxygen atoms in total. The number of amides is 1. The number of ether oxygens (including phenoxy) is 2. The predicted molar refractivity (Wildman–Crippen MR) is 118 cm³/mol. The highest BCUT2D eigenvalue weighted by atomic mass is 35.5. The highest BCUT2D eigenvalue weighted by Gasteiger charge is 2.19. The molecule has 2 aromatic carbocycles. The number of nitrogens with zero attached hydrogens (tertiary/aromatic N) is 2. The third-order valence-corrected chi connectivity index (χ3v) is 5.14. The molecule has 29 heavy (non-hydrogen) atoms. The lowest BCUT2D eigenvalue weighted by Crippen LogP contribution is -2.46. The van der Waals surface area contributed by atoms with Crippen molar-refractivity contribution in [3.63, 3.8) is 0 Å². The number of para-hydroxylation sites is 2. The maximum absolute atomic E-state index is 12.6. The van der Waals surface area contributed by atoms with E-state index in [2.05, 4.69) is 22.0 Å². The number of carbonyl (C=O) groups is 1. The van der Waals surface area contributed by atoms with E-state index < -0.39 is 0 Å². The van der Waals surface area contributed by atoms with Gasteiger partial charge < -0.3 is 24.6 Å². The molecule has 1 fully saturated rings. The molecule has 1 amide bonds. The van der Waals surface area contributed by atoms with Crippen LogP contribution < -0.4 is 19.7 Å². The molecular weight excluding hydrogens is 390 g/mol. The van der Waals surface area contributed by atoms with Gasteiger partial charge in [0.1, 0.15) is 0 Å². The fourth-order valence-corrected chi connectivity index (χ4v) is 3.53. The number of halogens is 1. The van der Waals surface area contributed by atoms with E-state index in [0.717, 1.165) is 38.4 Å². The zero-order valence-electron chi connectivity index (χ0n) is 17.0. The maximum atomic E-state index is 12.6. The molecule has 0 aliphatic carbocycles. The molecule has 0 saturated carbocycles. The zero-order valence-corrected chi connectivity index (χ0v) is 17.7. The summed E-state index contributed by atoms with van der Waals surface area (Å²) in [6.45, 7) is 9.39. The van der Waals surface area contributed by atoms with E-state index in [4.69, 9.17) is 21.1 Å². The van der Waals surface area contributed by atoms with Gasteiger partial charge in [0.05, 0.1) is 18.0 Å². The third-order valence-electron chi connectivity index (χ3n) is 4.90. The van der Waals surface area contributed by atoms with Crippen molar-refractivity contribution in [2.45, 2.75) is 13.8 Å². The van der Waals surface area contributed by atoms with Gasteiger partial charge in [-0.05, 0) is 43.8 Å². The molecule has 0 atom stereocenters. The number of likely N-dealkylation sites (N-methyl/N-ethyl adjacent to an activating group) is 1. The second-order valence-corrected chi connectivity index (χ2v) is 7.24. The van der Waals surface area contributed by atoms with Crippen LogP contribution in [-0.4, -0.2) is 56.7 Å². The normalized spacial score (nSPS) is 14.5. The summed E-state index contributed by atoms with van der Waals surface area (Å²) in [5.41, 5.74) is 1.68. The van der Waals surface area contributed by atoms with Crippen molar-refractivity contribution in [3.05, 3.63) is 47.5 Å². The second-order valence-electron chi connectivity index (χ2n) is 6.80. The van der Waals surface area contributed by atoms with Crippen LogP contribution in [0.15, 0.2) is 42.5 Å². The van der Waals surface area contributed by atoms with Crippen molar-refractivity contribution in [1.82, 2.24) is 4.90 Å². The quantitative estimate of drug-likeness (QED) is 0.706. The monoisotopic (exact) mass is 417 g/mol. The van der Waals surface area contributed by atoms with Crippen LogP contribution in [0.2, 0.25) is 5.02 Å². The van der Waals surface area contributed by atoms with Crippen LogP contribution in [0.4, 0.5) is 11.4 Å². The Balaban J connectivity index is 1.65. The van der Waals surface area contributed by atoms with Gasteiger partial charge in [0.25, 0.3) is 5.91 Å². The fraction of sp³-hybridized carbons (Fsp3) is 0.409. The summed E-state index contributed by atoms with van der Waals surface area (Å²) < 4.78 is 11.2. The smallest absolute Gasteiger partial charge is 0.262 e. The van der Waals surface area contributed by atoms with E-state index in [-0.39, 0.29) is 12.5 Å². The van der Waals surface area contributed by atoms with Crippen molar-refractivity contribution >= 4 is 28.9 Å². The molecule has 1 N–H and O–H groups in total. The number of benzene rings is 2. The molecule has 3 rings (SSSR count). The Hall–Kier alpha value is -2.44. The Morgan fingerprint density at radius 2 is 1.72 bits per heavy atom. The molecule has 2 aromatic rings. The summed E-state index contributed by atoms with van der Waals surface area (Å²) in [6, 6.07) is 12.9. The Morgan fingerprint density at radius 1 is 1.03 bits per heavy atom. The lowest BCUT2D eigenvalue weighted by atomic mass is 10.2. The van der Waals surface area contributed by atoms with E-state index in [9.17, 15) is 4.79 Å². The Kier molecular flexibility index (Phi) is 7.61. The summed E-state index contributed by atoms with van der Waals surface area (Å²) in [7, 11) is 0. The first-order chi connectivity index (χ1) is 14.1. The Morgan fingerprint density at radius 3 is 2.38 bits per heavy atom. The van der Waals surface area contributed by atoms with Crippen molar-refractivity contribution in [2.75, 3.05) is 56.2 Å². The Labute approximate surface area is 177 Å². The summed E-state index contributed by atoms with van der Waals surface area (Å²) in [5.74, 6) is 0.929. The molecule has 0 aromatic heterocycles. The van der Waals surface area contributed by atoms with Crippen LogP contribution in [0.25, 0.3) is 0 Å². The Bertz CT molecular complexity index is 823. The van der Waals surface area contributed by atoms with Crippen LogP contribution >= 0.6 is 11.6 Å². The number of carbonyl (C=O) groups excluding carboxylic acids is 1. The van der Waals surface area contributed by atoms with Crippen LogP contribution in [-0.2, 0) is 4.79 Å². The number of nitrogens with one attached hydrogen (secondary N) is 1. The van der Waals surface area contributed by atoms with Crippen LogP contribution in [0, 0.1) is 0 Å². The molecule has 0 bridgehead atoms. The van der Waals surface area contributed by atoms with Gasteiger partial charge in [-0.3, -0.25) is 4.79 Å². The minimum atomic E-state index is -0.244. The van der Waals surface area contributed by atoms with Crippen LogP contribution in [0.1, 0.15) is 13.8 Å². The van der Waals surface area contributed by atoms with E-state index >= 15 is 0 Å². The van der Waals surface area contributed by atoms with E-state index in [0.29, 0.717) is 28.8 Å². The van der Waals surface area contributed by atoms with Crippen molar-refractivity contribution in [1.29, 1.82) is 0 Å². The molecular formula is C22H28ClN3O3. The summed E-state index contributed by atoms with van der Waals surface area (Å²) in [5, 5.41) is 3.53. The van der Waals surface area contributed by atoms with Crippen molar-refractivity contribution in [2.24, 2.45) is 0 Å². The van der Waals surface area contributed by atoms with Gasteiger partial charge in [-0.1, -0.05) is 30.7 Å². The number of hydrogen-bond acceptors (Lipinski definition) is 5. The average Bonchev–Trinajstić information content (AvgIpc) is 2.74. The van der Waals surface area contributed by atoms with Gasteiger partial charge in [0.15, 0.2) is 18.1 Å². The van der Waals surface area contributed by atoms with Crippen LogP contribution in [0.3, 0.4) is 0 Å². The van der Waals surface area contributed by atoms with Crippen molar-refractivity contribution in [3.8, 4) is 11.5 Å². The molecule has 156 valence electrons. The minimum Gasteiger partial charge on any atom is -0.490 e. The summed E-state index contributed by atoms with van der Waals surface area (Å²) in [6.07, 6.45) is 0. The highest BCUT2D eigenvalue weighted by molar-refractivity contribution is 6.31. The van der Waals surface area contributed by atoms with Gasteiger partial charge in [-0.25, -0.2) is 0 Å². The van der Waals surface area contributed by atoms with Crippen molar-refractivity contribution < 1.29 is 14.3 Å². The largest absolute Gasteiger partial charge is 0.490 e. The topological polar surface area (TPSA) is 54.0 Å². The molecule has 1 saturated heterocycles. The number of rotatable bonds is 8. The lowest BCUT2D eigenvalue weighted by molar-refractivity contribution is -0.118. The molecule has 1 aliphatic heterocycles. The SMILES string of the molecule is CCOc1ccccc1OCC(=O)Nc1cc(Cl)ccc1N1CCN(CC)CC1. The van der Waals surface area contributed by atoms with Gasteiger partial charge in [-0.15, -0.1) is 0 Å². The average molecular weight is 418 g/mol. The molecule has 1 heterocycles. The molecule has 7 heteroatoms. The van der Waals surface area contributed by atoms with Gasteiger partial charge in [0.2, 0.25) is 0 Å². The standard InChI is InChI=1S/C22H28ClN3O3/c1-3-25-11-13-26(14-12-25)19-10-9-17(23)15-18(19)24-22(27)16-29-21-8-6-5-7-20(21)28-4-2/h5-10,15H,3-4,11-14,16H2,1-2H3,(H,24,27). The zero-order chi connectivity index (χ0) is 20.6. The van der Waals surface area contributed by atoms with Crippen LogP contribution in [0.5, 0.6) is 11.5 Å². The number of piperazine rings is 1. The predicted octanol–water partition coefficient (Wildman–Crippen LogP) is 3.90. The first-order valence-electron chi connectivity index (χ1n) is 10.0. The van der Waals surface area contributed by atoms with E-state index in [1.54, 1.807) is 12.1 Å². The second kappa shape index (κ2) is 10.4. The molecule has 0 unspecified atom stereocenters. The molecule has 0 spiro atoms. The van der Waals surface area contributed by atoms with Gasteiger partial charge in [0, 0.05) is 31.2 Å². The number of hydrogen-bond donors (Lipinski definition) is 1. The van der Waals surface area contributed by atoms with Gasteiger partial charge >= 0.3 is 0 Å². The minimum absolute atomic E-state index is 0.111. The summed E-state index contributed by atoms with van der Waals surface area (Å²) >= 11 is 6.19. The first-order valence-corrected chi connectivity index (χ1v) is 10.4. The summed E-state index contributed by atoms with van der Waals surface area (Å²) in [4.78, 5) is 17.2. The van der Waals surface area contributed by atoms with E-state index in [1.165, 1.54) is 0 Å². The molecule has 1 aliphatic rings. The van der Waals surface area contributed by atoms with E-state index in [1.807, 2.05) is 37.3 Å². The van der Waals surface area contributed by atoms with Gasteiger partial charge in [-0.2, -0.15) is 0 Å².